The monoisotopic (exact) mass is 282 g/mol. The summed E-state index contributed by atoms with van der Waals surface area (Å²) in [5.41, 5.74) is 0.772. The van der Waals surface area contributed by atoms with Gasteiger partial charge in [0.15, 0.2) is 0 Å². The SMILES string of the molecule is COCC1CCN(C(=O)Nc2ccc(Cl)cc2)CC1. The molecule has 0 atom stereocenters. The number of urea groups is 1. The molecule has 1 aliphatic rings. The van der Waals surface area contributed by atoms with Gasteiger partial charge in [-0.3, -0.25) is 0 Å². The van der Waals surface area contributed by atoms with Gasteiger partial charge in [0.2, 0.25) is 0 Å². The van der Waals surface area contributed by atoms with Crippen molar-refractivity contribution in [2.75, 3.05) is 32.1 Å². The van der Waals surface area contributed by atoms with E-state index in [4.69, 9.17) is 16.3 Å². The van der Waals surface area contributed by atoms with E-state index in [9.17, 15) is 4.79 Å². The number of hydrogen-bond acceptors (Lipinski definition) is 2. The number of methoxy groups -OCH3 is 1. The third kappa shape index (κ3) is 4.11. The first kappa shape index (κ1) is 14.2. The predicted molar refractivity (Wildman–Crippen MR) is 76.6 cm³/mol. The van der Waals surface area contributed by atoms with Gasteiger partial charge in [0.1, 0.15) is 0 Å². The van der Waals surface area contributed by atoms with Crippen LogP contribution in [-0.2, 0) is 4.74 Å². The fraction of sp³-hybridized carbons (Fsp3) is 0.500. The number of nitrogens with one attached hydrogen (secondary N) is 1. The van der Waals surface area contributed by atoms with E-state index in [2.05, 4.69) is 5.32 Å². The van der Waals surface area contributed by atoms with Crippen LogP contribution in [-0.4, -0.2) is 37.7 Å². The molecule has 2 amide bonds. The summed E-state index contributed by atoms with van der Waals surface area (Å²) in [7, 11) is 1.72. The number of halogens is 1. The van der Waals surface area contributed by atoms with Gasteiger partial charge >= 0.3 is 6.03 Å². The first-order valence-corrected chi connectivity index (χ1v) is 6.87. The maximum absolute atomic E-state index is 12.1. The quantitative estimate of drug-likeness (QED) is 0.925. The van der Waals surface area contributed by atoms with E-state index < -0.39 is 0 Å². The molecule has 1 N–H and O–H groups in total. The summed E-state index contributed by atoms with van der Waals surface area (Å²) in [5, 5.41) is 3.55. The van der Waals surface area contributed by atoms with Crippen LogP contribution in [0.5, 0.6) is 0 Å². The lowest BCUT2D eigenvalue weighted by Crippen LogP contribution is -2.41. The van der Waals surface area contributed by atoms with Crippen LogP contribution >= 0.6 is 11.6 Å². The minimum Gasteiger partial charge on any atom is -0.384 e. The molecule has 1 fully saturated rings. The summed E-state index contributed by atoms with van der Waals surface area (Å²) < 4.78 is 5.15. The second-order valence-electron chi connectivity index (χ2n) is 4.82. The summed E-state index contributed by atoms with van der Waals surface area (Å²) in [6, 6.07) is 7.10. The van der Waals surface area contributed by atoms with Gasteiger partial charge in [-0.25, -0.2) is 4.79 Å². The van der Waals surface area contributed by atoms with Gasteiger partial charge in [-0.1, -0.05) is 11.6 Å². The van der Waals surface area contributed by atoms with Crippen LogP contribution in [0.15, 0.2) is 24.3 Å². The molecule has 1 aliphatic heterocycles. The number of ether oxygens (including phenoxy) is 1. The van der Waals surface area contributed by atoms with Gasteiger partial charge in [0.05, 0.1) is 0 Å². The lowest BCUT2D eigenvalue weighted by molar-refractivity contribution is 0.110. The van der Waals surface area contributed by atoms with Gasteiger partial charge < -0.3 is 15.0 Å². The number of piperidine rings is 1. The average Bonchev–Trinajstić information content (AvgIpc) is 2.42. The molecule has 104 valence electrons. The van der Waals surface area contributed by atoms with Gasteiger partial charge in [-0.15, -0.1) is 0 Å². The summed E-state index contributed by atoms with van der Waals surface area (Å²) in [6.07, 6.45) is 2.00. The minimum atomic E-state index is -0.0433. The maximum atomic E-state index is 12.1. The Morgan fingerprint density at radius 2 is 2.00 bits per heavy atom. The van der Waals surface area contributed by atoms with Crippen molar-refractivity contribution in [2.24, 2.45) is 5.92 Å². The third-order valence-corrected chi connectivity index (χ3v) is 3.65. The Balaban J connectivity index is 1.83. The average molecular weight is 283 g/mol. The van der Waals surface area contributed by atoms with E-state index in [0.29, 0.717) is 10.9 Å². The van der Waals surface area contributed by atoms with Crippen molar-refractivity contribution in [1.82, 2.24) is 4.90 Å². The lowest BCUT2D eigenvalue weighted by atomic mass is 9.98. The third-order valence-electron chi connectivity index (χ3n) is 3.40. The number of nitrogens with zero attached hydrogens (tertiary/aromatic N) is 1. The Bertz CT molecular complexity index is 414. The van der Waals surface area contributed by atoms with Crippen LogP contribution in [0.4, 0.5) is 10.5 Å². The molecule has 0 bridgehead atoms. The molecule has 0 spiro atoms. The van der Waals surface area contributed by atoms with Gasteiger partial charge in [-0.2, -0.15) is 0 Å². The Morgan fingerprint density at radius 3 is 2.58 bits per heavy atom. The molecular formula is C14H19ClN2O2. The van der Waals surface area contributed by atoms with Crippen LogP contribution in [0.1, 0.15) is 12.8 Å². The molecule has 4 nitrogen and oxygen atoms in total. The fourth-order valence-electron chi connectivity index (χ4n) is 2.27. The van der Waals surface area contributed by atoms with Gasteiger partial charge in [0, 0.05) is 37.5 Å². The Labute approximate surface area is 118 Å². The number of likely N-dealkylation sites (tertiary alicyclic amines) is 1. The van der Waals surface area contributed by atoms with Crippen molar-refractivity contribution in [2.45, 2.75) is 12.8 Å². The van der Waals surface area contributed by atoms with E-state index in [1.165, 1.54) is 0 Å². The van der Waals surface area contributed by atoms with E-state index >= 15 is 0 Å². The van der Waals surface area contributed by atoms with Crippen molar-refractivity contribution in [3.63, 3.8) is 0 Å². The molecule has 0 aliphatic carbocycles. The number of hydrogen-bond donors (Lipinski definition) is 1. The van der Waals surface area contributed by atoms with Crippen LogP contribution in [0.25, 0.3) is 0 Å². The Hall–Kier alpha value is -1.26. The second kappa shape index (κ2) is 6.78. The first-order valence-electron chi connectivity index (χ1n) is 6.49. The van der Waals surface area contributed by atoms with Crippen LogP contribution in [0.2, 0.25) is 5.02 Å². The molecule has 1 saturated heterocycles. The summed E-state index contributed by atoms with van der Waals surface area (Å²) in [6.45, 7) is 2.35. The highest BCUT2D eigenvalue weighted by molar-refractivity contribution is 6.30. The van der Waals surface area contributed by atoms with Crippen molar-refractivity contribution in [3.05, 3.63) is 29.3 Å². The second-order valence-corrected chi connectivity index (χ2v) is 5.26. The molecular weight excluding hydrogens is 264 g/mol. The Morgan fingerprint density at radius 1 is 1.37 bits per heavy atom. The Kier molecular flexibility index (Phi) is 5.05. The highest BCUT2D eigenvalue weighted by atomic mass is 35.5. The smallest absolute Gasteiger partial charge is 0.321 e. The number of amides is 2. The topological polar surface area (TPSA) is 41.6 Å². The van der Waals surface area contributed by atoms with Crippen molar-refractivity contribution in [3.8, 4) is 0 Å². The molecule has 1 aromatic carbocycles. The zero-order valence-electron chi connectivity index (χ0n) is 11.1. The van der Waals surface area contributed by atoms with Crippen LogP contribution in [0.3, 0.4) is 0 Å². The standard InChI is InChI=1S/C14H19ClN2O2/c1-19-10-11-6-8-17(9-7-11)14(18)16-13-4-2-12(15)3-5-13/h2-5,11H,6-10H2,1H3,(H,16,18). The largest absolute Gasteiger partial charge is 0.384 e. The molecule has 2 rings (SSSR count). The molecule has 1 aromatic rings. The number of benzene rings is 1. The van der Waals surface area contributed by atoms with Gasteiger partial charge in [0.25, 0.3) is 0 Å². The molecule has 0 unspecified atom stereocenters. The van der Waals surface area contributed by atoms with Crippen molar-refractivity contribution < 1.29 is 9.53 Å². The first-order chi connectivity index (χ1) is 9.19. The number of rotatable bonds is 3. The zero-order valence-corrected chi connectivity index (χ0v) is 11.8. The highest BCUT2D eigenvalue weighted by Crippen LogP contribution is 2.19. The van der Waals surface area contributed by atoms with E-state index in [1.54, 1.807) is 31.4 Å². The molecule has 0 aromatic heterocycles. The van der Waals surface area contributed by atoms with E-state index in [-0.39, 0.29) is 6.03 Å². The highest BCUT2D eigenvalue weighted by Gasteiger charge is 2.22. The number of carbonyl (C=O) groups excluding carboxylic acids is 1. The molecule has 0 saturated carbocycles. The van der Waals surface area contributed by atoms with E-state index in [1.807, 2.05) is 4.90 Å². The predicted octanol–water partition coefficient (Wildman–Crippen LogP) is 3.23. The maximum Gasteiger partial charge on any atom is 0.321 e. The van der Waals surface area contributed by atoms with Crippen LogP contribution < -0.4 is 5.32 Å². The molecule has 0 radical (unpaired) electrons. The summed E-state index contributed by atoms with van der Waals surface area (Å²) in [5.74, 6) is 0.574. The van der Waals surface area contributed by atoms with Crippen molar-refractivity contribution in [1.29, 1.82) is 0 Å². The lowest BCUT2D eigenvalue weighted by Gasteiger charge is -2.31. The normalized spacial score (nSPS) is 16.4. The molecule has 5 heteroatoms. The fourth-order valence-corrected chi connectivity index (χ4v) is 2.40. The number of carbonyl (C=O) groups is 1. The summed E-state index contributed by atoms with van der Waals surface area (Å²) >= 11 is 5.81. The zero-order chi connectivity index (χ0) is 13.7. The molecule has 1 heterocycles. The van der Waals surface area contributed by atoms with Gasteiger partial charge in [-0.05, 0) is 43.0 Å². The minimum absolute atomic E-state index is 0.0433. The number of anilines is 1. The molecule has 19 heavy (non-hydrogen) atoms. The van der Waals surface area contributed by atoms with E-state index in [0.717, 1.165) is 38.2 Å². The van der Waals surface area contributed by atoms with Crippen LogP contribution in [0, 0.1) is 5.92 Å². The van der Waals surface area contributed by atoms with Crippen molar-refractivity contribution >= 4 is 23.3 Å². The summed E-state index contributed by atoms with van der Waals surface area (Å²) in [4.78, 5) is 13.9.